The van der Waals surface area contributed by atoms with Gasteiger partial charge in [0, 0.05) is 6.54 Å². The SMILES string of the molecule is Cc1cc(F)ccc1CCNC(=O)[C@H](N)C(C)C. The summed E-state index contributed by atoms with van der Waals surface area (Å²) in [4.78, 5) is 11.6. The molecule has 3 nitrogen and oxygen atoms in total. The maximum atomic E-state index is 12.9. The number of carbonyl (C=O) groups excluding carboxylic acids is 1. The molecule has 18 heavy (non-hydrogen) atoms. The summed E-state index contributed by atoms with van der Waals surface area (Å²) in [6, 6.07) is 4.21. The zero-order chi connectivity index (χ0) is 13.7. The van der Waals surface area contributed by atoms with Gasteiger partial charge in [-0.1, -0.05) is 19.9 Å². The Morgan fingerprint density at radius 3 is 2.67 bits per heavy atom. The monoisotopic (exact) mass is 252 g/mol. The molecule has 0 radical (unpaired) electrons. The van der Waals surface area contributed by atoms with Crippen LogP contribution in [0.3, 0.4) is 0 Å². The van der Waals surface area contributed by atoms with Crippen molar-refractivity contribution >= 4 is 5.91 Å². The standard InChI is InChI=1S/C14H21FN2O/c1-9(2)13(16)14(18)17-7-6-11-4-5-12(15)8-10(11)3/h4-5,8-9,13H,6-7,16H2,1-3H3,(H,17,18)/t13-/m1/s1. The predicted molar refractivity (Wildman–Crippen MR) is 70.7 cm³/mol. The van der Waals surface area contributed by atoms with Crippen LogP contribution in [0, 0.1) is 18.7 Å². The van der Waals surface area contributed by atoms with E-state index in [0.717, 1.165) is 11.1 Å². The van der Waals surface area contributed by atoms with Crippen molar-refractivity contribution in [2.24, 2.45) is 11.7 Å². The van der Waals surface area contributed by atoms with Crippen LogP contribution in [0.15, 0.2) is 18.2 Å². The molecule has 1 amide bonds. The minimum Gasteiger partial charge on any atom is -0.354 e. The van der Waals surface area contributed by atoms with Crippen molar-refractivity contribution in [3.63, 3.8) is 0 Å². The van der Waals surface area contributed by atoms with E-state index in [0.29, 0.717) is 13.0 Å². The molecule has 0 aliphatic carbocycles. The highest BCUT2D eigenvalue weighted by Crippen LogP contribution is 2.10. The molecule has 3 N–H and O–H groups in total. The molecule has 0 heterocycles. The predicted octanol–water partition coefficient (Wildman–Crippen LogP) is 1.78. The summed E-state index contributed by atoms with van der Waals surface area (Å²) in [5.74, 6) is -0.246. The van der Waals surface area contributed by atoms with Crippen LogP contribution in [0.1, 0.15) is 25.0 Å². The van der Waals surface area contributed by atoms with Crippen LogP contribution in [0.4, 0.5) is 4.39 Å². The molecule has 0 aliphatic rings. The number of carbonyl (C=O) groups is 1. The number of aryl methyl sites for hydroxylation is 1. The van der Waals surface area contributed by atoms with Crippen molar-refractivity contribution in [3.8, 4) is 0 Å². The number of hydrogen-bond acceptors (Lipinski definition) is 2. The number of amides is 1. The van der Waals surface area contributed by atoms with Gasteiger partial charge in [0.05, 0.1) is 6.04 Å². The van der Waals surface area contributed by atoms with Crippen LogP contribution in [0.5, 0.6) is 0 Å². The van der Waals surface area contributed by atoms with Gasteiger partial charge in [0.25, 0.3) is 0 Å². The normalized spacial score (nSPS) is 12.6. The Morgan fingerprint density at radius 1 is 1.44 bits per heavy atom. The van der Waals surface area contributed by atoms with Crippen LogP contribution in [0.25, 0.3) is 0 Å². The molecule has 1 aromatic carbocycles. The van der Waals surface area contributed by atoms with Gasteiger partial charge in [-0.2, -0.15) is 0 Å². The number of hydrogen-bond donors (Lipinski definition) is 2. The smallest absolute Gasteiger partial charge is 0.237 e. The lowest BCUT2D eigenvalue weighted by Crippen LogP contribution is -2.44. The zero-order valence-corrected chi connectivity index (χ0v) is 11.2. The number of rotatable bonds is 5. The minimum atomic E-state index is -0.473. The minimum absolute atomic E-state index is 0.123. The van der Waals surface area contributed by atoms with E-state index in [1.54, 1.807) is 6.07 Å². The van der Waals surface area contributed by atoms with E-state index in [4.69, 9.17) is 5.73 Å². The van der Waals surface area contributed by atoms with Gasteiger partial charge in [-0.25, -0.2) is 4.39 Å². The van der Waals surface area contributed by atoms with E-state index in [2.05, 4.69) is 5.32 Å². The summed E-state index contributed by atoms with van der Waals surface area (Å²) in [5, 5.41) is 2.80. The van der Waals surface area contributed by atoms with Gasteiger partial charge in [0.15, 0.2) is 0 Å². The molecule has 4 heteroatoms. The first kappa shape index (κ1) is 14.6. The molecule has 1 rings (SSSR count). The largest absolute Gasteiger partial charge is 0.354 e. The molecule has 1 atom stereocenters. The Bertz CT molecular complexity index is 418. The quantitative estimate of drug-likeness (QED) is 0.839. The first-order valence-corrected chi connectivity index (χ1v) is 6.20. The summed E-state index contributed by atoms with van der Waals surface area (Å²) in [6.07, 6.45) is 0.683. The highest BCUT2D eigenvalue weighted by molar-refractivity contribution is 5.81. The number of nitrogens with two attached hydrogens (primary N) is 1. The molecule has 1 aromatic rings. The second kappa shape index (κ2) is 6.50. The Kier molecular flexibility index (Phi) is 5.28. The van der Waals surface area contributed by atoms with Gasteiger partial charge in [-0.3, -0.25) is 4.79 Å². The van der Waals surface area contributed by atoms with Gasteiger partial charge >= 0.3 is 0 Å². The first-order chi connectivity index (χ1) is 8.41. The molecule has 0 aliphatic heterocycles. The summed E-state index contributed by atoms with van der Waals surface area (Å²) in [7, 11) is 0. The van der Waals surface area contributed by atoms with E-state index in [1.165, 1.54) is 12.1 Å². The molecule has 0 bridgehead atoms. The van der Waals surface area contributed by atoms with Crippen LogP contribution in [-0.4, -0.2) is 18.5 Å². The topological polar surface area (TPSA) is 55.1 Å². The third-order valence-electron chi connectivity index (χ3n) is 3.02. The highest BCUT2D eigenvalue weighted by Gasteiger charge is 2.16. The zero-order valence-electron chi connectivity index (χ0n) is 11.2. The van der Waals surface area contributed by atoms with Gasteiger partial charge < -0.3 is 11.1 Å². The van der Waals surface area contributed by atoms with E-state index < -0.39 is 6.04 Å². The molecule has 0 unspecified atom stereocenters. The molecular formula is C14H21FN2O. The summed E-state index contributed by atoms with van der Waals surface area (Å²) >= 11 is 0. The molecule has 0 aromatic heterocycles. The fourth-order valence-corrected chi connectivity index (χ4v) is 1.68. The van der Waals surface area contributed by atoms with Crippen LogP contribution in [0.2, 0.25) is 0 Å². The number of nitrogens with one attached hydrogen (secondary N) is 1. The average Bonchev–Trinajstić information content (AvgIpc) is 2.30. The second-order valence-electron chi connectivity index (χ2n) is 4.88. The van der Waals surface area contributed by atoms with Crippen molar-refractivity contribution in [3.05, 3.63) is 35.1 Å². The van der Waals surface area contributed by atoms with E-state index >= 15 is 0 Å². The lowest BCUT2D eigenvalue weighted by Gasteiger charge is -2.15. The fourth-order valence-electron chi connectivity index (χ4n) is 1.68. The summed E-state index contributed by atoms with van der Waals surface area (Å²) in [5.41, 5.74) is 7.66. The lowest BCUT2D eigenvalue weighted by atomic mass is 10.0. The molecule has 0 saturated heterocycles. The highest BCUT2D eigenvalue weighted by atomic mass is 19.1. The maximum Gasteiger partial charge on any atom is 0.237 e. The average molecular weight is 252 g/mol. The van der Waals surface area contributed by atoms with Gasteiger partial charge in [0.1, 0.15) is 5.82 Å². The molecular weight excluding hydrogens is 231 g/mol. The summed E-state index contributed by atoms with van der Waals surface area (Å²) < 4.78 is 12.9. The Balaban J connectivity index is 2.44. The van der Waals surface area contributed by atoms with Gasteiger partial charge in [-0.05, 0) is 42.5 Å². The van der Waals surface area contributed by atoms with Gasteiger partial charge in [0.2, 0.25) is 5.91 Å². The lowest BCUT2D eigenvalue weighted by molar-refractivity contribution is -0.123. The van der Waals surface area contributed by atoms with Crippen molar-refractivity contribution in [1.29, 1.82) is 0 Å². The van der Waals surface area contributed by atoms with Crippen molar-refractivity contribution < 1.29 is 9.18 Å². The van der Waals surface area contributed by atoms with E-state index in [1.807, 2.05) is 20.8 Å². The Morgan fingerprint density at radius 2 is 2.11 bits per heavy atom. The van der Waals surface area contributed by atoms with Crippen molar-refractivity contribution in [2.75, 3.05) is 6.54 Å². The molecule has 100 valence electrons. The van der Waals surface area contributed by atoms with E-state index in [-0.39, 0.29) is 17.6 Å². The van der Waals surface area contributed by atoms with Crippen LogP contribution in [-0.2, 0) is 11.2 Å². The third kappa shape index (κ3) is 4.11. The van der Waals surface area contributed by atoms with Crippen LogP contribution >= 0.6 is 0 Å². The molecule has 0 saturated carbocycles. The van der Waals surface area contributed by atoms with Crippen molar-refractivity contribution in [1.82, 2.24) is 5.32 Å². The first-order valence-electron chi connectivity index (χ1n) is 6.20. The van der Waals surface area contributed by atoms with E-state index in [9.17, 15) is 9.18 Å². The Hall–Kier alpha value is -1.42. The molecule has 0 fully saturated rings. The van der Waals surface area contributed by atoms with Gasteiger partial charge in [-0.15, -0.1) is 0 Å². The molecule has 0 spiro atoms. The maximum absolute atomic E-state index is 12.9. The second-order valence-corrected chi connectivity index (χ2v) is 4.88. The Labute approximate surface area is 108 Å². The number of halogens is 1. The number of benzene rings is 1. The third-order valence-corrected chi connectivity index (χ3v) is 3.02. The van der Waals surface area contributed by atoms with Crippen LogP contribution < -0.4 is 11.1 Å². The fraction of sp³-hybridized carbons (Fsp3) is 0.500. The van der Waals surface area contributed by atoms with Crippen molar-refractivity contribution in [2.45, 2.75) is 33.2 Å². The summed E-state index contributed by atoms with van der Waals surface area (Å²) in [6.45, 7) is 6.20.